The van der Waals surface area contributed by atoms with E-state index in [2.05, 4.69) is 5.10 Å². The molecule has 1 aromatic carbocycles. The van der Waals surface area contributed by atoms with E-state index in [1.165, 1.54) is 0 Å². The van der Waals surface area contributed by atoms with Gasteiger partial charge in [-0.2, -0.15) is 5.10 Å². The van der Waals surface area contributed by atoms with E-state index in [1.54, 1.807) is 27.8 Å². The molecular weight excluding hydrogens is 426 g/mol. The molecule has 1 aromatic heterocycles. The van der Waals surface area contributed by atoms with Crippen molar-refractivity contribution in [3.05, 3.63) is 40.5 Å². The van der Waals surface area contributed by atoms with Crippen LogP contribution in [-0.2, 0) is 17.9 Å². The maximum absolute atomic E-state index is 13.3. The number of amides is 2. The smallest absolute Gasteiger partial charge is 0.252 e. The largest absolute Gasteiger partial charge is 0.365 e. The van der Waals surface area contributed by atoms with Gasteiger partial charge in [0.25, 0.3) is 5.91 Å². The zero-order valence-corrected chi connectivity index (χ0v) is 17.9. The molecular formula is C22H25ClF2N4O2. The van der Waals surface area contributed by atoms with Gasteiger partial charge >= 0.3 is 0 Å². The second-order valence-electron chi connectivity index (χ2n) is 8.42. The van der Waals surface area contributed by atoms with Crippen molar-refractivity contribution in [2.24, 2.45) is 11.7 Å². The topological polar surface area (TPSA) is 81.2 Å². The number of benzene rings is 1. The number of hydrogen-bond acceptors (Lipinski definition) is 3. The first-order chi connectivity index (χ1) is 14.7. The van der Waals surface area contributed by atoms with Gasteiger partial charge in [0.05, 0.1) is 24.3 Å². The number of nitrogens with zero attached hydrogens (tertiary/aromatic N) is 3. The molecule has 2 aromatic rings. The van der Waals surface area contributed by atoms with E-state index in [0.29, 0.717) is 66.3 Å². The normalized spacial score (nSPS) is 18.6. The number of fused-ring (bicyclic) bond motifs is 1. The number of aromatic nitrogens is 2. The van der Waals surface area contributed by atoms with Gasteiger partial charge in [-0.1, -0.05) is 23.7 Å². The number of carbonyl (C=O) groups is 2. The highest BCUT2D eigenvalue weighted by Gasteiger charge is 2.35. The van der Waals surface area contributed by atoms with Crippen LogP contribution in [-0.4, -0.2) is 39.0 Å². The van der Waals surface area contributed by atoms with Gasteiger partial charge in [0.15, 0.2) is 0 Å². The van der Waals surface area contributed by atoms with E-state index in [0.717, 1.165) is 0 Å². The van der Waals surface area contributed by atoms with Gasteiger partial charge in [-0.05, 0) is 37.3 Å². The van der Waals surface area contributed by atoms with E-state index in [9.17, 15) is 18.4 Å². The molecule has 4 rings (SSSR count). The molecule has 2 heterocycles. The minimum Gasteiger partial charge on any atom is -0.365 e. The summed E-state index contributed by atoms with van der Waals surface area (Å²) in [4.78, 5) is 26.7. The molecule has 1 fully saturated rings. The first-order valence-corrected chi connectivity index (χ1v) is 10.9. The Kier molecular flexibility index (Phi) is 6.01. The Morgan fingerprint density at radius 2 is 1.97 bits per heavy atom. The van der Waals surface area contributed by atoms with Gasteiger partial charge in [0.2, 0.25) is 11.8 Å². The zero-order chi connectivity index (χ0) is 22.2. The van der Waals surface area contributed by atoms with Gasteiger partial charge < -0.3 is 10.6 Å². The summed E-state index contributed by atoms with van der Waals surface area (Å²) in [5.74, 6) is -3.04. The van der Waals surface area contributed by atoms with Gasteiger partial charge in [-0.15, -0.1) is 0 Å². The van der Waals surface area contributed by atoms with Crippen LogP contribution in [0.2, 0.25) is 5.02 Å². The van der Waals surface area contributed by atoms with E-state index < -0.39 is 11.8 Å². The van der Waals surface area contributed by atoms with E-state index in [-0.39, 0.29) is 31.2 Å². The molecule has 0 unspecified atom stereocenters. The second-order valence-corrected chi connectivity index (χ2v) is 8.86. The first-order valence-electron chi connectivity index (χ1n) is 10.5. The van der Waals surface area contributed by atoms with Crippen molar-refractivity contribution in [1.29, 1.82) is 0 Å². The Bertz CT molecular complexity index is 997. The van der Waals surface area contributed by atoms with Crippen molar-refractivity contribution in [3.8, 4) is 11.3 Å². The van der Waals surface area contributed by atoms with Crippen molar-refractivity contribution in [2.75, 3.05) is 6.54 Å². The fourth-order valence-corrected chi connectivity index (χ4v) is 4.69. The highest BCUT2D eigenvalue weighted by molar-refractivity contribution is 6.30. The van der Waals surface area contributed by atoms with Gasteiger partial charge in [0, 0.05) is 36.4 Å². The summed E-state index contributed by atoms with van der Waals surface area (Å²) < 4.78 is 28.4. The molecule has 1 saturated carbocycles. The van der Waals surface area contributed by atoms with Crippen molar-refractivity contribution < 1.29 is 18.4 Å². The maximum Gasteiger partial charge on any atom is 0.252 e. The molecule has 2 aliphatic rings. The fourth-order valence-electron chi connectivity index (χ4n) is 4.50. The molecule has 6 nitrogen and oxygen atoms in total. The summed E-state index contributed by atoms with van der Waals surface area (Å²) in [6, 6.07) is 7.04. The highest BCUT2D eigenvalue weighted by atomic mass is 35.5. The monoisotopic (exact) mass is 450 g/mol. The van der Waals surface area contributed by atoms with Crippen LogP contribution in [0, 0.1) is 5.92 Å². The number of rotatable bonds is 5. The zero-order valence-electron chi connectivity index (χ0n) is 17.1. The van der Waals surface area contributed by atoms with Crippen molar-refractivity contribution >= 4 is 23.4 Å². The molecule has 166 valence electrons. The van der Waals surface area contributed by atoms with Crippen LogP contribution in [0.1, 0.15) is 54.6 Å². The summed E-state index contributed by atoms with van der Waals surface area (Å²) in [6.45, 7) is 1.18. The summed E-state index contributed by atoms with van der Waals surface area (Å²) in [6.07, 6.45) is 1.66. The second kappa shape index (κ2) is 8.57. The summed E-state index contributed by atoms with van der Waals surface area (Å²) in [5.41, 5.74) is 7.73. The quantitative estimate of drug-likeness (QED) is 0.739. The number of hydrogen-bond donors (Lipinski definition) is 1. The number of halogens is 3. The molecule has 0 spiro atoms. The highest BCUT2D eigenvalue weighted by Crippen LogP contribution is 2.38. The maximum atomic E-state index is 13.3. The lowest BCUT2D eigenvalue weighted by Crippen LogP contribution is -2.39. The third-order valence-corrected chi connectivity index (χ3v) is 6.52. The molecule has 0 bridgehead atoms. The molecule has 2 amide bonds. The first kappa shape index (κ1) is 21.7. The SMILES string of the molecule is NC(=O)c1c(-c2cccc(Cl)c2)nn2c1CN(C(=O)CCC1CCC(F)(F)CC1)CC2. The van der Waals surface area contributed by atoms with Crippen molar-refractivity contribution in [1.82, 2.24) is 14.7 Å². The van der Waals surface area contributed by atoms with Gasteiger partial charge in [-0.3, -0.25) is 14.3 Å². The Balaban J connectivity index is 1.47. The summed E-state index contributed by atoms with van der Waals surface area (Å²) >= 11 is 6.09. The van der Waals surface area contributed by atoms with Crippen LogP contribution < -0.4 is 5.73 Å². The lowest BCUT2D eigenvalue weighted by atomic mass is 9.84. The molecule has 2 N–H and O–H groups in total. The summed E-state index contributed by atoms with van der Waals surface area (Å²) in [7, 11) is 0. The Hall–Kier alpha value is -2.48. The number of alkyl halides is 2. The van der Waals surface area contributed by atoms with Gasteiger partial charge in [-0.25, -0.2) is 8.78 Å². The fraction of sp³-hybridized carbons (Fsp3) is 0.500. The van der Waals surface area contributed by atoms with Crippen molar-refractivity contribution in [2.45, 2.75) is 57.5 Å². The predicted molar refractivity (Wildman–Crippen MR) is 113 cm³/mol. The van der Waals surface area contributed by atoms with Crippen LogP contribution in [0.15, 0.2) is 24.3 Å². The lowest BCUT2D eigenvalue weighted by Gasteiger charge is -2.30. The van der Waals surface area contributed by atoms with E-state index in [1.807, 2.05) is 6.07 Å². The Labute approximate surface area is 184 Å². The average Bonchev–Trinajstić information content (AvgIpc) is 3.12. The molecule has 1 aliphatic carbocycles. The summed E-state index contributed by atoms with van der Waals surface area (Å²) in [5, 5.41) is 5.08. The van der Waals surface area contributed by atoms with Crippen LogP contribution in [0.25, 0.3) is 11.3 Å². The molecule has 1 aliphatic heterocycles. The third-order valence-electron chi connectivity index (χ3n) is 6.28. The average molecular weight is 451 g/mol. The van der Waals surface area contributed by atoms with Gasteiger partial charge in [0.1, 0.15) is 5.69 Å². The number of primary amides is 1. The van der Waals surface area contributed by atoms with E-state index >= 15 is 0 Å². The minimum atomic E-state index is -2.56. The van der Waals surface area contributed by atoms with E-state index in [4.69, 9.17) is 17.3 Å². The van der Waals surface area contributed by atoms with Crippen LogP contribution >= 0.6 is 11.6 Å². The molecule has 0 radical (unpaired) electrons. The van der Waals surface area contributed by atoms with Crippen LogP contribution in [0.3, 0.4) is 0 Å². The van der Waals surface area contributed by atoms with Crippen LogP contribution in [0.4, 0.5) is 8.78 Å². The molecule has 31 heavy (non-hydrogen) atoms. The minimum absolute atomic E-state index is 0.0375. The number of carbonyl (C=O) groups excluding carboxylic acids is 2. The standard InChI is InChI=1S/C22H25ClF2N4O2/c23-16-3-1-2-15(12-16)20-19(21(26)31)17-13-28(10-11-29(17)27-20)18(30)5-4-14-6-8-22(24,25)9-7-14/h1-3,12,14H,4-11,13H2,(H2,26,31). The lowest BCUT2D eigenvalue weighted by molar-refractivity contribution is -0.133. The molecule has 0 saturated heterocycles. The Morgan fingerprint density at radius 3 is 2.65 bits per heavy atom. The third kappa shape index (κ3) is 4.74. The molecule has 9 heteroatoms. The van der Waals surface area contributed by atoms with Crippen LogP contribution in [0.5, 0.6) is 0 Å². The number of nitrogens with two attached hydrogens (primary N) is 1. The Morgan fingerprint density at radius 1 is 1.23 bits per heavy atom. The van der Waals surface area contributed by atoms with Crippen molar-refractivity contribution in [3.63, 3.8) is 0 Å². The molecule has 0 atom stereocenters. The predicted octanol–water partition coefficient (Wildman–Crippen LogP) is 4.25.